The van der Waals surface area contributed by atoms with Crippen LogP contribution in [0, 0.1) is 6.92 Å². The summed E-state index contributed by atoms with van der Waals surface area (Å²) in [7, 11) is -3.42. The molecule has 0 radical (unpaired) electrons. The minimum Gasteiger partial charge on any atom is -0.360 e. The number of amides is 1. The third kappa shape index (κ3) is 5.40. The quantitative estimate of drug-likeness (QED) is 0.471. The largest absolute Gasteiger partial charge is 0.360 e. The van der Waals surface area contributed by atoms with Gasteiger partial charge in [-0.15, -0.1) is 0 Å². The number of hydrogen-bond donors (Lipinski definition) is 1. The van der Waals surface area contributed by atoms with Crippen LogP contribution in [0.4, 0.5) is 5.82 Å². The number of aryl methyl sites for hydroxylation is 1. The SMILES string of the molecule is Cc1onc(-c2ccccc2Cl)c1C(=O)NCCCS(=O)(=O)N1CCN(c2ccccn2)CC1. The summed E-state index contributed by atoms with van der Waals surface area (Å²) in [5.74, 6) is 0.792. The van der Waals surface area contributed by atoms with Crippen LogP contribution in [0.3, 0.4) is 0 Å². The highest BCUT2D eigenvalue weighted by molar-refractivity contribution is 7.89. The molecule has 3 heterocycles. The summed E-state index contributed by atoms with van der Waals surface area (Å²) >= 11 is 6.25. The molecule has 0 saturated carbocycles. The van der Waals surface area contributed by atoms with E-state index in [0.29, 0.717) is 60.2 Å². The van der Waals surface area contributed by atoms with Crippen LogP contribution in [0.15, 0.2) is 53.2 Å². The van der Waals surface area contributed by atoms with E-state index in [2.05, 4.69) is 20.4 Å². The van der Waals surface area contributed by atoms with E-state index >= 15 is 0 Å². The smallest absolute Gasteiger partial charge is 0.257 e. The molecule has 0 spiro atoms. The Morgan fingerprint density at radius 3 is 2.56 bits per heavy atom. The van der Waals surface area contributed by atoms with Crippen molar-refractivity contribution in [1.29, 1.82) is 0 Å². The maximum Gasteiger partial charge on any atom is 0.257 e. The van der Waals surface area contributed by atoms with Gasteiger partial charge in [-0.2, -0.15) is 4.31 Å². The van der Waals surface area contributed by atoms with Gasteiger partial charge >= 0.3 is 0 Å². The summed E-state index contributed by atoms with van der Waals surface area (Å²) in [6.45, 7) is 3.85. The lowest BCUT2D eigenvalue weighted by Gasteiger charge is -2.34. The van der Waals surface area contributed by atoms with Crippen LogP contribution in [0.25, 0.3) is 11.3 Å². The number of hydrogen-bond acceptors (Lipinski definition) is 7. The van der Waals surface area contributed by atoms with Gasteiger partial charge in [-0.3, -0.25) is 4.79 Å². The molecule has 4 rings (SSSR count). The van der Waals surface area contributed by atoms with Crippen LogP contribution in [0.2, 0.25) is 5.02 Å². The number of pyridine rings is 1. The highest BCUT2D eigenvalue weighted by Crippen LogP contribution is 2.30. The van der Waals surface area contributed by atoms with Gasteiger partial charge in [0.2, 0.25) is 10.0 Å². The van der Waals surface area contributed by atoms with Crippen molar-refractivity contribution in [1.82, 2.24) is 19.8 Å². The number of benzene rings is 1. The van der Waals surface area contributed by atoms with Crippen molar-refractivity contribution < 1.29 is 17.7 Å². The molecular formula is C23H26ClN5O4S. The molecule has 0 atom stereocenters. The first kappa shape index (κ1) is 24.2. The van der Waals surface area contributed by atoms with Crippen molar-refractivity contribution in [2.45, 2.75) is 13.3 Å². The molecule has 34 heavy (non-hydrogen) atoms. The second kappa shape index (κ2) is 10.5. The summed E-state index contributed by atoms with van der Waals surface area (Å²) in [6.07, 6.45) is 2.02. The maximum atomic E-state index is 12.8. The van der Waals surface area contributed by atoms with Crippen LogP contribution in [0.5, 0.6) is 0 Å². The molecule has 180 valence electrons. The standard InChI is InChI=1S/C23H26ClN5O4S/c1-17-21(22(27-33-17)18-7-2-3-8-19(18)24)23(30)26-11-6-16-34(31,32)29-14-12-28(13-15-29)20-9-4-5-10-25-20/h2-5,7-10H,6,11-16H2,1H3,(H,26,30). The summed E-state index contributed by atoms with van der Waals surface area (Å²) < 4.78 is 32.3. The second-order valence-electron chi connectivity index (χ2n) is 7.94. The third-order valence-electron chi connectivity index (χ3n) is 5.69. The van der Waals surface area contributed by atoms with E-state index in [9.17, 15) is 13.2 Å². The average Bonchev–Trinajstić information content (AvgIpc) is 3.24. The van der Waals surface area contributed by atoms with Gasteiger partial charge in [0, 0.05) is 44.5 Å². The molecule has 11 heteroatoms. The molecule has 1 saturated heterocycles. The molecule has 1 aliphatic rings. The van der Waals surface area contributed by atoms with Gasteiger partial charge in [-0.1, -0.05) is 41.0 Å². The Hall–Kier alpha value is -2.95. The van der Waals surface area contributed by atoms with Crippen molar-refractivity contribution in [3.8, 4) is 11.3 Å². The summed E-state index contributed by atoms with van der Waals surface area (Å²) in [4.78, 5) is 19.2. The van der Waals surface area contributed by atoms with Gasteiger partial charge in [0.05, 0.1) is 10.8 Å². The fraction of sp³-hybridized carbons (Fsp3) is 0.348. The molecule has 9 nitrogen and oxygen atoms in total. The van der Waals surface area contributed by atoms with Crippen molar-refractivity contribution >= 4 is 33.3 Å². The Morgan fingerprint density at radius 2 is 1.85 bits per heavy atom. The van der Waals surface area contributed by atoms with Crippen molar-refractivity contribution in [3.05, 3.63) is 65.0 Å². The van der Waals surface area contributed by atoms with Gasteiger partial charge in [-0.25, -0.2) is 13.4 Å². The number of carbonyl (C=O) groups excluding carboxylic acids is 1. The monoisotopic (exact) mass is 503 g/mol. The number of anilines is 1. The van der Waals surface area contributed by atoms with Crippen molar-refractivity contribution in [3.63, 3.8) is 0 Å². The van der Waals surface area contributed by atoms with E-state index in [1.54, 1.807) is 37.4 Å². The van der Waals surface area contributed by atoms with E-state index in [1.807, 2.05) is 18.2 Å². The number of sulfonamides is 1. The van der Waals surface area contributed by atoms with Gasteiger partial charge in [0.15, 0.2) is 0 Å². The Labute approximate surface area is 203 Å². The molecule has 1 N–H and O–H groups in total. The topological polar surface area (TPSA) is 109 Å². The molecule has 1 aliphatic heterocycles. The summed E-state index contributed by atoms with van der Waals surface area (Å²) in [5.41, 5.74) is 1.25. The zero-order chi connectivity index (χ0) is 24.1. The van der Waals surface area contributed by atoms with Gasteiger partial charge < -0.3 is 14.7 Å². The third-order valence-corrected chi connectivity index (χ3v) is 7.97. The van der Waals surface area contributed by atoms with Crippen molar-refractivity contribution in [2.24, 2.45) is 0 Å². The van der Waals surface area contributed by atoms with Crippen LogP contribution >= 0.6 is 11.6 Å². The van der Waals surface area contributed by atoms with E-state index in [1.165, 1.54) is 4.31 Å². The first-order valence-corrected chi connectivity index (χ1v) is 13.0. The molecule has 2 aromatic heterocycles. The number of halogens is 1. The molecular weight excluding hydrogens is 478 g/mol. The minimum atomic E-state index is -3.42. The van der Waals surface area contributed by atoms with Crippen LogP contribution < -0.4 is 10.2 Å². The number of piperazine rings is 1. The molecule has 1 amide bonds. The number of nitrogens with zero attached hydrogens (tertiary/aromatic N) is 4. The average molecular weight is 504 g/mol. The molecule has 1 fully saturated rings. The molecule has 0 unspecified atom stereocenters. The molecule has 0 bridgehead atoms. The van der Waals surface area contributed by atoms with Gasteiger partial charge in [-0.05, 0) is 31.5 Å². The predicted molar refractivity (Wildman–Crippen MR) is 130 cm³/mol. The van der Waals surface area contributed by atoms with E-state index in [4.69, 9.17) is 16.1 Å². The maximum absolute atomic E-state index is 12.8. The summed E-state index contributed by atoms with van der Waals surface area (Å²) in [5, 5.41) is 7.23. The Balaban J connectivity index is 1.29. The Morgan fingerprint density at radius 1 is 1.12 bits per heavy atom. The first-order valence-electron chi connectivity index (χ1n) is 11.0. The van der Waals surface area contributed by atoms with E-state index in [0.717, 1.165) is 5.82 Å². The molecule has 0 aliphatic carbocycles. The normalized spacial score (nSPS) is 14.8. The summed E-state index contributed by atoms with van der Waals surface area (Å²) in [6, 6.07) is 12.7. The van der Waals surface area contributed by atoms with Crippen molar-refractivity contribution in [2.75, 3.05) is 43.4 Å². The number of rotatable bonds is 8. The fourth-order valence-corrected chi connectivity index (χ4v) is 5.60. The van der Waals surface area contributed by atoms with Crippen LogP contribution in [-0.2, 0) is 10.0 Å². The van der Waals surface area contributed by atoms with Crippen LogP contribution in [-0.4, -0.2) is 67.2 Å². The number of aromatic nitrogens is 2. The van der Waals surface area contributed by atoms with Crippen LogP contribution in [0.1, 0.15) is 22.5 Å². The second-order valence-corrected chi connectivity index (χ2v) is 10.4. The zero-order valence-corrected chi connectivity index (χ0v) is 20.3. The number of nitrogens with one attached hydrogen (secondary N) is 1. The molecule has 1 aromatic carbocycles. The predicted octanol–water partition coefficient (Wildman–Crippen LogP) is 2.97. The van der Waals surface area contributed by atoms with Gasteiger partial charge in [0.1, 0.15) is 22.8 Å². The lowest BCUT2D eigenvalue weighted by Crippen LogP contribution is -2.49. The number of carbonyl (C=O) groups is 1. The highest BCUT2D eigenvalue weighted by Gasteiger charge is 2.27. The lowest BCUT2D eigenvalue weighted by molar-refractivity contribution is 0.0952. The van der Waals surface area contributed by atoms with E-state index in [-0.39, 0.29) is 18.2 Å². The fourth-order valence-electron chi connectivity index (χ4n) is 3.89. The lowest BCUT2D eigenvalue weighted by atomic mass is 10.1. The van der Waals surface area contributed by atoms with Gasteiger partial charge in [0.25, 0.3) is 5.91 Å². The minimum absolute atomic E-state index is 0.0448. The Kier molecular flexibility index (Phi) is 7.50. The first-order chi connectivity index (χ1) is 16.4. The molecule has 3 aromatic rings. The highest BCUT2D eigenvalue weighted by atomic mass is 35.5. The zero-order valence-electron chi connectivity index (χ0n) is 18.8. The Bertz CT molecular complexity index is 1240. The van der Waals surface area contributed by atoms with E-state index < -0.39 is 10.0 Å².